The Morgan fingerprint density at radius 1 is 1.59 bits per heavy atom. The first kappa shape index (κ1) is 12.7. The minimum absolute atomic E-state index is 0.526. The number of halogens is 1. The van der Waals surface area contributed by atoms with Gasteiger partial charge >= 0.3 is 0 Å². The number of hydrogen-bond acceptors (Lipinski definition) is 3. The molecular weight excluding hydrogens is 234 g/mol. The van der Waals surface area contributed by atoms with Gasteiger partial charge in [0.15, 0.2) is 0 Å². The number of pyridine rings is 1. The van der Waals surface area contributed by atoms with Crippen molar-refractivity contribution < 1.29 is 0 Å². The van der Waals surface area contributed by atoms with Crippen LogP contribution in [0.5, 0.6) is 0 Å². The standard InChI is InChI=1S/C13H20ClN3/c1-16-6-4-11(9-16)10-17(2)13-3-5-15-8-12(13)7-14/h3,5,8,11H,4,6-7,9-10H2,1-2H3. The van der Waals surface area contributed by atoms with Gasteiger partial charge in [0.2, 0.25) is 0 Å². The molecule has 1 saturated heterocycles. The Labute approximate surface area is 108 Å². The van der Waals surface area contributed by atoms with E-state index in [1.165, 1.54) is 25.2 Å². The van der Waals surface area contributed by atoms with E-state index in [0.29, 0.717) is 5.88 Å². The molecule has 4 heteroatoms. The maximum Gasteiger partial charge on any atom is 0.0509 e. The molecule has 0 saturated carbocycles. The summed E-state index contributed by atoms with van der Waals surface area (Å²) in [6.45, 7) is 3.51. The van der Waals surface area contributed by atoms with Gasteiger partial charge in [-0.3, -0.25) is 4.98 Å². The van der Waals surface area contributed by atoms with Gasteiger partial charge in [-0.15, -0.1) is 11.6 Å². The van der Waals surface area contributed by atoms with Gasteiger partial charge < -0.3 is 9.80 Å². The lowest BCUT2D eigenvalue weighted by Crippen LogP contribution is -2.27. The summed E-state index contributed by atoms with van der Waals surface area (Å²) in [4.78, 5) is 8.83. The van der Waals surface area contributed by atoms with Crippen LogP contribution in [-0.2, 0) is 5.88 Å². The van der Waals surface area contributed by atoms with Crippen LogP contribution < -0.4 is 4.90 Å². The number of rotatable bonds is 4. The highest BCUT2D eigenvalue weighted by Gasteiger charge is 2.21. The molecule has 0 bridgehead atoms. The van der Waals surface area contributed by atoms with Crippen LogP contribution in [0, 0.1) is 5.92 Å². The fourth-order valence-electron chi connectivity index (χ4n) is 2.56. The van der Waals surface area contributed by atoms with Crippen molar-refractivity contribution in [3.8, 4) is 0 Å². The summed E-state index contributed by atoms with van der Waals surface area (Å²) in [6, 6.07) is 2.05. The summed E-state index contributed by atoms with van der Waals surface area (Å²) in [5.41, 5.74) is 2.33. The zero-order valence-electron chi connectivity index (χ0n) is 10.6. The van der Waals surface area contributed by atoms with Crippen molar-refractivity contribution in [2.75, 3.05) is 38.6 Å². The number of alkyl halides is 1. The lowest BCUT2D eigenvalue weighted by Gasteiger charge is -2.24. The fourth-order valence-corrected chi connectivity index (χ4v) is 2.76. The summed E-state index contributed by atoms with van der Waals surface area (Å²) in [5.74, 6) is 1.29. The molecule has 0 amide bonds. The maximum atomic E-state index is 5.94. The highest BCUT2D eigenvalue weighted by Crippen LogP contribution is 2.23. The van der Waals surface area contributed by atoms with Gasteiger partial charge in [0.05, 0.1) is 5.88 Å². The topological polar surface area (TPSA) is 19.4 Å². The van der Waals surface area contributed by atoms with Crippen molar-refractivity contribution in [3.63, 3.8) is 0 Å². The van der Waals surface area contributed by atoms with Crippen LogP contribution in [0.15, 0.2) is 18.5 Å². The van der Waals surface area contributed by atoms with Gasteiger partial charge in [0.25, 0.3) is 0 Å². The summed E-state index contributed by atoms with van der Waals surface area (Å²) in [6.07, 6.45) is 4.99. The Morgan fingerprint density at radius 2 is 2.41 bits per heavy atom. The molecule has 1 unspecified atom stereocenters. The number of anilines is 1. The average Bonchev–Trinajstić information content (AvgIpc) is 2.74. The van der Waals surface area contributed by atoms with Crippen molar-refractivity contribution in [1.29, 1.82) is 0 Å². The molecule has 0 radical (unpaired) electrons. The largest absolute Gasteiger partial charge is 0.374 e. The molecule has 0 aliphatic carbocycles. The zero-order chi connectivity index (χ0) is 12.3. The monoisotopic (exact) mass is 253 g/mol. The Morgan fingerprint density at radius 3 is 3.06 bits per heavy atom. The number of hydrogen-bond donors (Lipinski definition) is 0. The third-order valence-electron chi connectivity index (χ3n) is 3.45. The number of likely N-dealkylation sites (tertiary alicyclic amines) is 1. The van der Waals surface area contributed by atoms with E-state index in [4.69, 9.17) is 11.6 Å². The highest BCUT2D eigenvalue weighted by atomic mass is 35.5. The molecule has 1 aliphatic rings. The van der Waals surface area contributed by atoms with Crippen LogP contribution in [0.4, 0.5) is 5.69 Å². The van der Waals surface area contributed by atoms with E-state index in [-0.39, 0.29) is 0 Å². The average molecular weight is 254 g/mol. The lowest BCUT2D eigenvalue weighted by molar-refractivity contribution is 0.396. The smallest absolute Gasteiger partial charge is 0.0509 e. The molecule has 2 rings (SSSR count). The van der Waals surface area contributed by atoms with Crippen LogP contribution in [0.25, 0.3) is 0 Å². The van der Waals surface area contributed by atoms with E-state index in [0.717, 1.165) is 18.0 Å². The van der Waals surface area contributed by atoms with E-state index < -0.39 is 0 Å². The fraction of sp³-hybridized carbons (Fsp3) is 0.615. The van der Waals surface area contributed by atoms with Crippen molar-refractivity contribution in [2.45, 2.75) is 12.3 Å². The van der Waals surface area contributed by atoms with Gasteiger partial charge in [-0.05, 0) is 32.0 Å². The molecule has 1 aromatic rings. The molecule has 1 fully saturated rings. The van der Waals surface area contributed by atoms with Crippen LogP contribution in [0.1, 0.15) is 12.0 Å². The molecule has 1 atom stereocenters. The first-order chi connectivity index (χ1) is 8.20. The molecule has 3 nitrogen and oxygen atoms in total. The molecule has 0 aromatic carbocycles. The first-order valence-corrected chi connectivity index (χ1v) is 6.62. The van der Waals surface area contributed by atoms with E-state index >= 15 is 0 Å². The second kappa shape index (κ2) is 5.69. The highest BCUT2D eigenvalue weighted by molar-refractivity contribution is 6.17. The molecular formula is C13H20ClN3. The summed E-state index contributed by atoms with van der Waals surface area (Å²) >= 11 is 5.94. The summed E-state index contributed by atoms with van der Waals surface area (Å²) in [5, 5.41) is 0. The molecule has 1 aliphatic heterocycles. The Bertz CT molecular complexity index is 369. The van der Waals surface area contributed by atoms with Crippen molar-refractivity contribution >= 4 is 17.3 Å². The lowest BCUT2D eigenvalue weighted by atomic mass is 10.1. The summed E-state index contributed by atoms with van der Waals surface area (Å²) < 4.78 is 0. The maximum absolute atomic E-state index is 5.94. The second-order valence-corrected chi connectivity index (χ2v) is 5.20. The van der Waals surface area contributed by atoms with Gasteiger partial charge in [-0.1, -0.05) is 0 Å². The Hall–Kier alpha value is -0.800. The molecule has 94 valence electrons. The van der Waals surface area contributed by atoms with Gasteiger partial charge in [-0.25, -0.2) is 0 Å². The Balaban J connectivity index is 2.01. The summed E-state index contributed by atoms with van der Waals surface area (Å²) in [7, 11) is 4.33. The van der Waals surface area contributed by atoms with Crippen LogP contribution in [-0.4, -0.2) is 43.6 Å². The minimum atomic E-state index is 0.526. The number of aromatic nitrogens is 1. The predicted octanol–water partition coefficient (Wildman–Crippen LogP) is 2.21. The van der Waals surface area contributed by atoms with E-state index in [9.17, 15) is 0 Å². The zero-order valence-corrected chi connectivity index (χ0v) is 11.3. The molecule has 2 heterocycles. The van der Waals surface area contributed by atoms with Crippen molar-refractivity contribution in [3.05, 3.63) is 24.0 Å². The van der Waals surface area contributed by atoms with Gasteiger partial charge in [0.1, 0.15) is 0 Å². The first-order valence-electron chi connectivity index (χ1n) is 6.09. The molecule has 17 heavy (non-hydrogen) atoms. The molecule has 0 spiro atoms. The van der Waals surface area contributed by atoms with Crippen LogP contribution in [0.3, 0.4) is 0 Å². The SMILES string of the molecule is CN1CCC(CN(C)c2ccncc2CCl)C1. The van der Waals surface area contributed by atoms with Gasteiger partial charge in [-0.2, -0.15) is 0 Å². The quantitative estimate of drug-likeness (QED) is 0.767. The predicted molar refractivity (Wildman–Crippen MR) is 72.7 cm³/mol. The number of nitrogens with zero attached hydrogens (tertiary/aromatic N) is 3. The van der Waals surface area contributed by atoms with E-state index in [1.807, 2.05) is 12.4 Å². The van der Waals surface area contributed by atoms with Crippen LogP contribution in [0.2, 0.25) is 0 Å². The van der Waals surface area contributed by atoms with Crippen molar-refractivity contribution in [2.24, 2.45) is 5.92 Å². The van der Waals surface area contributed by atoms with E-state index in [1.54, 1.807) is 0 Å². The van der Waals surface area contributed by atoms with Crippen molar-refractivity contribution in [1.82, 2.24) is 9.88 Å². The van der Waals surface area contributed by atoms with Crippen LogP contribution >= 0.6 is 11.6 Å². The normalized spacial score (nSPS) is 20.8. The Kier molecular flexibility index (Phi) is 4.24. The third kappa shape index (κ3) is 3.11. The minimum Gasteiger partial charge on any atom is -0.374 e. The molecule has 0 N–H and O–H groups in total. The molecule has 1 aromatic heterocycles. The van der Waals surface area contributed by atoms with E-state index in [2.05, 4.69) is 34.9 Å². The second-order valence-electron chi connectivity index (χ2n) is 4.94. The van der Waals surface area contributed by atoms with Gasteiger partial charge in [0, 0.05) is 43.8 Å². The third-order valence-corrected chi connectivity index (χ3v) is 3.74.